The van der Waals surface area contributed by atoms with Crippen LogP contribution in [0.5, 0.6) is 0 Å². The number of nitrogens with one attached hydrogen (secondary N) is 1. The van der Waals surface area contributed by atoms with Crippen molar-refractivity contribution in [3.8, 4) is 0 Å². The first kappa shape index (κ1) is 17.0. The van der Waals surface area contributed by atoms with Crippen molar-refractivity contribution in [2.45, 2.75) is 37.9 Å². The second kappa shape index (κ2) is 7.73. The Labute approximate surface area is 134 Å². The number of amides is 2. The number of carbonyl (C=O) groups is 3. The molecule has 7 nitrogen and oxygen atoms in total. The average Bonchev–Trinajstić information content (AvgIpc) is 2.48. The molecule has 0 spiro atoms. The second-order valence-electron chi connectivity index (χ2n) is 5.66. The van der Waals surface area contributed by atoms with Crippen LogP contribution in [0, 0.1) is 0 Å². The Kier molecular flexibility index (Phi) is 5.70. The molecule has 124 valence electrons. The zero-order chi connectivity index (χ0) is 16.8. The molecule has 1 aliphatic rings. The summed E-state index contributed by atoms with van der Waals surface area (Å²) in [6.45, 7) is 1.45. The number of carboxylic acid groups (broad SMARTS) is 1. The molecule has 0 aliphatic carbocycles. The van der Waals surface area contributed by atoms with Crippen LogP contribution in [0.25, 0.3) is 0 Å². The van der Waals surface area contributed by atoms with E-state index in [9.17, 15) is 14.4 Å². The van der Waals surface area contributed by atoms with Crippen LogP contribution in [0.15, 0.2) is 30.3 Å². The molecule has 1 saturated heterocycles. The first-order valence-electron chi connectivity index (χ1n) is 7.57. The van der Waals surface area contributed by atoms with Crippen LogP contribution in [0.2, 0.25) is 0 Å². The number of hydrogen-bond acceptors (Lipinski definition) is 4. The number of likely N-dealkylation sites (tertiary alicyclic amines) is 1. The molecule has 7 heteroatoms. The lowest BCUT2D eigenvalue weighted by Gasteiger charge is -2.40. The highest BCUT2D eigenvalue weighted by Gasteiger charge is 2.35. The fourth-order valence-electron chi connectivity index (χ4n) is 2.56. The molecule has 1 heterocycles. The molecule has 4 N–H and O–H groups in total. The first-order valence-corrected chi connectivity index (χ1v) is 7.57. The highest BCUT2D eigenvalue weighted by atomic mass is 16.4. The molecule has 1 fully saturated rings. The summed E-state index contributed by atoms with van der Waals surface area (Å²) in [5.41, 5.74) is 6.13. The van der Waals surface area contributed by atoms with E-state index in [2.05, 4.69) is 5.32 Å². The molecular weight excluding hydrogens is 298 g/mol. The molecule has 0 bridgehead atoms. The van der Waals surface area contributed by atoms with Gasteiger partial charge >= 0.3 is 5.97 Å². The van der Waals surface area contributed by atoms with Crippen molar-refractivity contribution in [1.82, 2.24) is 10.2 Å². The quantitative estimate of drug-likeness (QED) is 0.629. The summed E-state index contributed by atoms with van der Waals surface area (Å²) in [5, 5.41) is 11.6. The van der Waals surface area contributed by atoms with Gasteiger partial charge in [-0.1, -0.05) is 30.3 Å². The van der Waals surface area contributed by atoms with E-state index in [0.717, 1.165) is 12.1 Å². The van der Waals surface area contributed by atoms with Crippen LogP contribution >= 0.6 is 0 Å². The van der Waals surface area contributed by atoms with Gasteiger partial charge in [-0.15, -0.1) is 0 Å². The Balaban J connectivity index is 1.88. The van der Waals surface area contributed by atoms with Gasteiger partial charge in [0.15, 0.2) is 0 Å². The minimum atomic E-state index is -1.16. The third kappa shape index (κ3) is 4.79. The minimum absolute atomic E-state index is 0.00180. The molecule has 1 aromatic carbocycles. The number of nitrogens with zero attached hydrogens (tertiary/aromatic N) is 1. The molecule has 1 aromatic rings. The normalized spacial score (nSPS) is 18.7. The third-order valence-electron chi connectivity index (χ3n) is 3.96. The smallest absolute Gasteiger partial charge is 0.326 e. The highest BCUT2D eigenvalue weighted by molar-refractivity contribution is 5.87. The van der Waals surface area contributed by atoms with Crippen molar-refractivity contribution in [1.29, 1.82) is 0 Å². The maximum Gasteiger partial charge on any atom is 0.326 e. The maximum atomic E-state index is 12.3. The fourth-order valence-corrected chi connectivity index (χ4v) is 2.56. The van der Waals surface area contributed by atoms with Crippen molar-refractivity contribution in [2.75, 3.05) is 6.54 Å². The summed E-state index contributed by atoms with van der Waals surface area (Å²) in [4.78, 5) is 36.2. The lowest BCUT2D eigenvalue weighted by molar-refractivity contribution is -0.144. The third-order valence-corrected chi connectivity index (χ3v) is 3.96. The number of benzene rings is 1. The Morgan fingerprint density at radius 2 is 2.00 bits per heavy atom. The van der Waals surface area contributed by atoms with Gasteiger partial charge in [0.25, 0.3) is 0 Å². The predicted octanol–water partition coefficient (Wildman–Crippen LogP) is 0.0958. The zero-order valence-electron chi connectivity index (χ0n) is 12.8. The van der Waals surface area contributed by atoms with Crippen LogP contribution in [0.1, 0.15) is 24.8 Å². The van der Waals surface area contributed by atoms with E-state index >= 15 is 0 Å². The lowest BCUT2D eigenvalue weighted by atomic mass is 10.00. The summed E-state index contributed by atoms with van der Waals surface area (Å²) < 4.78 is 0. The van der Waals surface area contributed by atoms with E-state index in [0.29, 0.717) is 13.0 Å². The van der Waals surface area contributed by atoms with Gasteiger partial charge in [-0.25, -0.2) is 4.79 Å². The van der Waals surface area contributed by atoms with Gasteiger partial charge in [0.1, 0.15) is 6.04 Å². The molecule has 1 aliphatic heterocycles. The average molecular weight is 319 g/mol. The molecule has 2 rings (SSSR count). The van der Waals surface area contributed by atoms with E-state index in [1.165, 1.54) is 0 Å². The van der Waals surface area contributed by atoms with Crippen LogP contribution in [0.3, 0.4) is 0 Å². The van der Waals surface area contributed by atoms with Gasteiger partial charge in [0, 0.05) is 19.5 Å². The van der Waals surface area contributed by atoms with Gasteiger partial charge in [-0.05, 0) is 18.4 Å². The van der Waals surface area contributed by atoms with Crippen molar-refractivity contribution in [2.24, 2.45) is 5.73 Å². The van der Waals surface area contributed by atoms with Crippen LogP contribution < -0.4 is 11.1 Å². The van der Waals surface area contributed by atoms with Crippen molar-refractivity contribution < 1.29 is 19.5 Å². The maximum absolute atomic E-state index is 12.3. The number of rotatable bonds is 8. The number of primary amides is 1. The first-order chi connectivity index (χ1) is 11.0. The fraction of sp³-hybridized carbons (Fsp3) is 0.438. The van der Waals surface area contributed by atoms with E-state index in [-0.39, 0.29) is 24.8 Å². The summed E-state index contributed by atoms with van der Waals surface area (Å²) in [6, 6.07) is 8.36. The van der Waals surface area contributed by atoms with E-state index in [1.54, 1.807) is 0 Å². The van der Waals surface area contributed by atoms with Crippen molar-refractivity contribution in [3.63, 3.8) is 0 Å². The molecule has 0 aromatic heterocycles. The SMILES string of the molecule is NC(=O)CC[C@H](NC(=O)C1CCN1Cc1ccccc1)C(=O)O. The number of carbonyl (C=O) groups excluding carboxylic acids is 2. The highest BCUT2D eigenvalue weighted by Crippen LogP contribution is 2.21. The van der Waals surface area contributed by atoms with Gasteiger partial charge in [-0.2, -0.15) is 0 Å². The predicted molar refractivity (Wildman–Crippen MR) is 83.3 cm³/mol. The zero-order valence-corrected chi connectivity index (χ0v) is 12.8. The molecule has 2 amide bonds. The number of nitrogens with two attached hydrogens (primary N) is 1. The monoisotopic (exact) mass is 319 g/mol. The summed E-state index contributed by atoms with van der Waals surface area (Å²) in [6.07, 6.45) is 0.623. The van der Waals surface area contributed by atoms with Crippen molar-refractivity contribution >= 4 is 17.8 Å². The summed E-state index contributed by atoms with van der Waals surface area (Å²) >= 11 is 0. The lowest BCUT2D eigenvalue weighted by Crippen LogP contribution is -2.58. The number of aliphatic carboxylic acids is 1. The van der Waals surface area contributed by atoms with Crippen LogP contribution in [0.4, 0.5) is 0 Å². The molecule has 1 unspecified atom stereocenters. The molecule has 23 heavy (non-hydrogen) atoms. The van der Waals surface area contributed by atoms with E-state index in [4.69, 9.17) is 10.8 Å². The van der Waals surface area contributed by atoms with Gasteiger partial charge in [-0.3, -0.25) is 14.5 Å². The van der Waals surface area contributed by atoms with Gasteiger partial charge < -0.3 is 16.2 Å². The van der Waals surface area contributed by atoms with Crippen molar-refractivity contribution in [3.05, 3.63) is 35.9 Å². The number of carboxylic acids is 1. The van der Waals surface area contributed by atoms with Gasteiger partial charge in [0.2, 0.25) is 11.8 Å². The Morgan fingerprint density at radius 1 is 1.30 bits per heavy atom. The minimum Gasteiger partial charge on any atom is -0.480 e. The standard InChI is InChI=1S/C16H21N3O4/c17-14(20)7-6-12(16(22)23)18-15(21)13-8-9-19(13)10-11-4-2-1-3-5-11/h1-5,12-13H,6-10H2,(H2,17,20)(H,18,21)(H,22,23)/t12-,13?/m0/s1. The molecule has 2 atom stereocenters. The second-order valence-corrected chi connectivity index (χ2v) is 5.66. The molecule has 0 saturated carbocycles. The number of hydrogen-bond donors (Lipinski definition) is 3. The van der Waals surface area contributed by atoms with Crippen LogP contribution in [-0.2, 0) is 20.9 Å². The van der Waals surface area contributed by atoms with E-state index < -0.39 is 17.9 Å². The Morgan fingerprint density at radius 3 is 2.52 bits per heavy atom. The molecule has 0 radical (unpaired) electrons. The topological polar surface area (TPSA) is 113 Å². The van der Waals surface area contributed by atoms with E-state index in [1.807, 2.05) is 35.2 Å². The Bertz CT molecular complexity index is 576. The molecular formula is C16H21N3O4. The Hall–Kier alpha value is -2.41. The summed E-state index contributed by atoms with van der Waals surface area (Å²) in [7, 11) is 0. The summed E-state index contributed by atoms with van der Waals surface area (Å²) in [5.74, 6) is -2.06. The van der Waals surface area contributed by atoms with Gasteiger partial charge in [0.05, 0.1) is 6.04 Å². The largest absolute Gasteiger partial charge is 0.480 e. The van der Waals surface area contributed by atoms with Crippen LogP contribution in [-0.4, -0.2) is 46.4 Å².